The lowest BCUT2D eigenvalue weighted by Crippen LogP contribution is -2.14. The molecule has 174 valence electrons. The molecule has 0 saturated heterocycles. The molecule has 1 heterocycles. The predicted molar refractivity (Wildman–Crippen MR) is 132 cm³/mol. The number of amides is 1. The van der Waals surface area contributed by atoms with Crippen LogP contribution in [0.4, 0.5) is 0 Å². The van der Waals surface area contributed by atoms with Crippen molar-refractivity contribution < 1.29 is 28.9 Å². The fraction of sp³-hybridized carbons (Fsp3) is 0.192. The van der Waals surface area contributed by atoms with Crippen LogP contribution in [0.15, 0.2) is 63.7 Å². The average Bonchev–Trinajstić information content (AvgIpc) is 3.12. The van der Waals surface area contributed by atoms with Gasteiger partial charge in [-0.1, -0.05) is 41.4 Å². The summed E-state index contributed by atoms with van der Waals surface area (Å²) in [6.45, 7) is 3.76. The van der Waals surface area contributed by atoms with Gasteiger partial charge < -0.3 is 19.3 Å². The number of nitrogens with zero attached hydrogens (tertiary/aromatic N) is 1. The molecule has 34 heavy (non-hydrogen) atoms. The summed E-state index contributed by atoms with van der Waals surface area (Å²) in [7, 11) is 1.50. The van der Waals surface area contributed by atoms with Crippen LogP contribution in [0, 0.1) is 19.3 Å². The Morgan fingerprint density at radius 1 is 1.18 bits per heavy atom. The largest absolute Gasteiger partial charge is 0.506 e. The van der Waals surface area contributed by atoms with Crippen LogP contribution in [0.25, 0.3) is 6.08 Å². The van der Waals surface area contributed by atoms with Gasteiger partial charge in [0.25, 0.3) is 5.91 Å². The zero-order chi connectivity index (χ0) is 24.7. The van der Waals surface area contributed by atoms with Gasteiger partial charge in [0.05, 0.1) is 18.6 Å². The molecule has 0 radical (unpaired) electrons. The zero-order valence-electron chi connectivity index (χ0n) is 19.0. The van der Waals surface area contributed by atoms with E-state index in [0.29, 0.717) is 27.5 Å². The number of aryl methyl sites for hydroxylation is 1. The van der Waals surface area contributed by atoms with Gasteiger partial charge in [-0.3, -0.25) is 4.79 Å². The number of thioether (sulfide) groups is 1. The Labute approximate surface area is 202 Å². The van der Waals surface area contributed by atoms with Crippen molar-refractivity contribution in [2.45, 2.75) is 13.8 Å². The van der Waals surface area contributed by atoms with E-state index in [1.54, 1.807) is 55.5 Å². The van der Waals surface area contributed by atoms with E-state index in [9.17, 15) is 14.7 Å². The third kappa shape index (κ3) is 5.69. The summed E-state index contributed by atoms with van der Waals surface area (Å²) in [6, 6.07) is 12.0. The molecule has 0 fully saturated rings. The normalized spacial score (nSPS) is 15.4. The Hall–Kier alpha value is -3.96. The van der Waals surface area contributed by atoms with Crippen LogP contribution in [0.2, 0.25) is 0 Å². The number of carbonyl (C=O) groups is 2. The van der Waals surface area contributed by atoms with E-state index >= 15 is 0 Å². The van der Waals surface area contributed by atoms with E-state index in [1.807, 2.05) is 6.92 Å². The predicted octanol–water partition coefficient (Wildman–Crippen LogP) is 4.72. The van der Waals surface area contributed by atoms with Gasteiger partial charge in [0.1, 0.15) is 23.0 Å². The van der Waals surface area contributed by atoms with Gasteiger partial charge in [0, 0.05) is 5.56 Å². The molecule has 8 heteroatoms. The Bertz CT molecular complexity index is 1230. The molecule has 0 aromatic heterocycles. The number of aliphatic hydroxyl groups is 1. The van der Waals surface area contributed by atoms with Crippen molar-refractivity contribution in [3.63, 3.8) is 0 Å². The number of ether oxygens (including phenoxy) is 3. The highest BCUT2D eigenvalue weighted by Crippen LogP contribution is 2.40. The third-order valence-corrected chi connectivity index (χ3v) is 5.69. The van der Waals surface area contributed by atoms with Crippen LogP contribution in [0.3, 0.4) is 0 Å². The van der Waals surface area contributed by atoms with E-state index < -0.39 is 11.9 Å². The lowest BCUT2D eigenvalue weighted by Gasteiger charge is -2.09. The minimum atomic E-state index is -0.762. The maximum absolute atomic E-state index is 12.7. The number of methoxy groups -OCH3 is 1. The minimum Gasteiger partial charge on any atom is -0.506 e. The molecule has 2 aromatic rings. The maximum Gasteiger partial charge on any atom is 0.344 e. The monoisotopic (exact) mass is 477 g/mol. The SMILES string of the molecule is C#CCOc1ccc(/C=C2\SC(=NC(=O)c3ccc(C)cc3)C(C(=O)OCC)=C2O)cc1OC. The number of carbonyl (C=O) groups excluding carboxylic acids is 2. The molecule has 3 rings (SSSR count). The standard InChI is InChI=1S/C26H23NO6S/c1-5-13-33-19-12-9-17(14-20(19)31-4)15-21-23(28)22(26(30)32-6-2)25(34-21)27-24(29)18-10-7-16(3)8-11-18/h1,7-12,14-15,28H,6,13H2,2-4H3/b21-15-,27-25?. The summed E-state index contributed by atoms with van der Waals surface area (Å²) in [6.07, 6.45) is 6.88. The molecule has 0 unspecified atom stereocenters. The van der Waals surface area contributed by atoms with Crippen LogP contribution in [-0.4, -0.2) is 42.4 Å². The van der Waals surface area contributed by atoms with Crippen LogP contribution in [0.5, 0.6) is 11.5 Å². The first kappa shape index (κ1) is 24.7. The number of aliphatic imine (C=N–C) groups is 1. The van der Waals surface area contributed by atoms with Gasteiger partial charge in [-0.25, -0.2) is 9.79 Å². The number of benzene rings is 2. The summed E-state index contributed by atoms with van der Waals surface area (Å²) in [4.78, 5) is 29.7. The number of esters is 1. The molecular weight excluding hydrogens is 454 g/mol. The number of hydrogen-bond donors (Lipinski definition) is 1. The third-order valence-electron chi connectivity index (χ3n) is 4.67. The van der Waals surface area contributed by atoms with Crippen molar-refractivity contribution in [1.29, 1.82) is 0 Å². The summed E-state index contributed by atoms with van der Waals surface area (Å²) in [5, 5.41) is 10.9. The fourth-order valence-electron chi connectivity index (χ4n) is 3.01. The first-order chi connectivity index (χ1) is 16.4. The van der Waals surface area contributed by atoms with E-state index in [1.165, 1.54) is 7.11 Å². The lowest BCUT2D eigenvalue weighted by atomic mass is 10.1. The van der Waals surface area contributed by atoms with Crippen LogP contribution >= 0.6 is 11.8 Å². The van der Waals surface area contributed by atoms with Crippen molar-refractivity contribution in [1.82, 2.24) is 0 Å². The Balaban J connectivity index is 1.98. The molecule has 1 amide bonds. The average molecular weight is 478 g/mol. The topological polar surface area (TPSA) is 94.4 Å². The Kier molecular flexibility index (Phi) is 8.17. The van der Waals surface area contributed by atoms with Crippen molar-refractivity contribution in [3.8, 4) is 23.8 Å². The van der Waals surface area contributed by atoms with E-state index in [-0.39, 0.29) is 29.6 Å². The summed E-state index contributed by atoms with van der Waals surface area (Å²) in [5.41, 5.74) is 1.87. The van der Waals surface area contributed by atoms with Gasteiger partial charge in [0.2, 0.25) is 0 Å². The molecule has 0 spiro atoms. The quantitative estimate of drug-likeness (QED) is 0.456. The molecule has 1 N–H and O–H groups in total. The smallest absolute Gasteiger partial charge is 0.344 e. The highest BCUT2D eigenvalue weighted by Gasteiger charge is 2.34. The van der Waals surface area contributed by atoms with E-state index in [2.05, 4.69) is 10.9 Å². The summed E-state index contributed by atoms with van der Waals surface area (Å²) < 4.78 is 15.9. The highest BCUT2D eigenvalue weighted by atomic mass is 32.2. The summed E-state index contributed by atoms with van der Waals surface area (Å²) in [5.74, 6) is 1.70. The van der Waals surface area contributed by atoms with Crippen molar-refractivity contribution in [2.24, 2.45) is 4.99 Å². The second kappa shape index (κ2) is 11.3. The molecule has 0 aliphatic carbocycles. The number of terminal acetylenes is 1. The maximum atomic E-state index is 12.7. The molecule has 0 saturated carbocycles. The van der Waals surface area contributed by atoms with Crippen LogP contribution < -0.4 is 9.47 Å². The number of aliphatic hydroxyl groups excluding tert-OH is 1. The van der Waals surface area contributed by atoms with Crippen molar-refractivity contribution in [2.75, 3.05) is 20.3 Å². The van der Waals surface area contributed by atoms with Gasteiger partial charge in [-0.15, -0.1) is 6.42 Å². The lowest BCUT2D eigenvalue weighted by molar-refractivity contribution is -0.138. The van der Waals surface area contributed by atoms with E-state index in [0.717, 1.165) is 17.3 Å². The number of hydrogen-bond acceptors (Lipinski definition) is 7. The van der Waals surface area contributed by atoms with Crippen molar-refractivity contribution in [3.05, 3.63) is 75.4 Å². The molecule has 0 atom stereocenters. The first-order valence-electron chi connectivity index (χ1n) is 10.3. The van der Waals surface area contributed by atoms with Crippen molar-refractivity contribution >= 4 is 34.8 Å². The molecule has 2 aromatic carbocycles. The fourth-order valence-corrected chi connectivity index (χ4v) is 4.02. The van der Waals surface area contributed by atoms with E-state index in [4.69, 9.17) is 20.6 Å². The molecule has 0 bridgehead atoms. The van der Waals surface area contributed by atoms with Crippen LogP contribution in [0.1, 0.15) is 28.4 Å². The molecule has 1 aliphatic rings. The summed E-state index contributed by atoms with van der Waals surface area (Å²) >= 11 is 1.00. The van der Waals surface area contributed by atoms with Gasteiger partial charge in [-0.2, -0.15) is 0 Å². The first-order valence-corrected chi connectivity index (χ1v) is 11.1. The second-order valence-corrected chi connectivity index (χ2v) is 8.08. The minimum absolute atomic E-state index is 0.0636. The molecular formula is C26H23NO6S. The number of rotatable bonds is 7. The Morgan fingerprint density at radius 2 is 1.91 bits per heavy atom. The zero-order valence-corrected chi connectivity index (χ0v) is 19.8. The highest BCUT2D eigenvalue weighted by molar-refractivity contribution is 8.18. The second-order valence-electron chi connectivity index (χ2n) is 7.05. The molecule has 7 nitrogen and oxygen atoms in total. The Morgan fingerprint density at radius 3 is 2.56 bits per heavy atom. The molecule has 1 aliphatic heterocycles. The van der Waals surface area contributed by atoms with Gasteiger partial charge in [-0.05, 0) is 49.8 Å². The van der Waals surface area contributed by atoms with Gasteiger partial charge in [0.15, 0.2) is 11.5 Å². The van der Waals surface area contributed by atoms with Crippen LogP contribution in [-0.2, 0) is 9.53 Å². The van der Waals surface area contributed by atoms with Gasteiger partial charge >= 0.3 is 5.97 Å².